The average molecular weight is 302 g/mol. The van der Waals surface area contributed by atoms with E-state index in [-0.39, 0.29) is 39.1 Å². The van der Waals surface area contributed by atoms with Crippen molar-refractivity contribution in [2.24, 2.45) is 5.41 Å². The third-order valence-corrected chi connectivity index (χ3v) is 2.02. The molecule has 0 bridgehead atoms. The molecular weight excluding hydrogens is 285 g/mol. The van der Waals surface area contributed by atoms with E-state index >= 15 is 0 Å². The summed E-state index contributed by atoms with van der Waals surface area (Å²) >= 11 is 0. The van der Waals surface area contributed by atoms with Crippen molar-refractivity contribution < 1.29 is 51.8 Å². The number of Topliss-reactive ketones (excluding diaryl/α,β-unsaturated/α-hetero) is 1. The van der Waals surface area contributed by atoms with E-state index in [9.17, 15) is 14.4 Å². The molecular formula is C11H17O4Y+2. The SMILES string of the molecule is CCCCOC(=O)CC(=O)C(C)(C)[C-]=O.[Y+3]. The van der Waals surface area contributed by atoms with Crippen molar-refractivity contribution in [3.05, 3.63) is 0 Å². The van der Waals surface area contributed by atoms with E-state index < -0.39 is 17.2 Å². The normalized spacial score (nSPS) is 10.2. The molecule has 0 aromatic carbocycles. The molecule has 5 heteroatoms. The Kier molecular flexibility index (Phi) is 10.3. The molecule has 86 valence electrons. The molecule has 0 fully saturated rings. The van der Waals surface area contributed by atoms with Crippen LogP contribution in [-0.2, 0) is 51.8 Å². The fourth-order valence-corrected chi connectivity index (χ4v) is 0.790. The maximum absolute atomic E-state index is 11.4. The summed E-state index contributed by atoms with van der Waals surface area (Å²) < 4.78 is 4.80. The molecule has 0 spiro atoms. The molecule has 16 heavy (non-hydrogen) atoms. The molecule has 0 rings (SSSR count). The van der Waals surface area contributed by atoms with Crippen molar-refractivity contribution in [2.45, 2.75) is 40.0 Å². The summed E-state index contributed by atoms with van der Waals surface area (Å²) in [5.74, 6) is -1.03. The Bertz CT molecular complexity index is 248. The van der Waals surface area contributed by atoms with Gasteiger partial charge < -0.3 is 14.3 Å². The molecule has 4 nitrogen and oxygen atoms in total. The minimum absolute atomic E-state index is 0. The molecule has 0 N–H and O–H groups in total. The summed E-state index contributed by atoms with van der Waals surface area (Å²) in [4.78, 5) is 32.9. The first-order chi connectivity index (χ1) is 6.94. The molecule has 0 aliphatic carbocycles. The van der Waals surface area contributed by atoms with Crippen LogP contribution in [0.4, 0.5) is 0 Å². The Morgan fingerprint density at radius 3 is 2.31 bits per heavy atom. The Morgan fingerprint density at radius 1 is 1.31 bits per heavy atom. The fourth-order valence-electron chi connectivity index (χ4n) is 0.790. The van der Waals surface area contributed by atoms with E-state index in [1.54, 1.807) is 6.29 Å². The van der Waals surface area contributed by atoms with Gasteiger partial charge in [0.05, 0.1) is 6.61 Å². The van der Waals surface area contributed by atoms with Gasteiger partial charge in [0.25, 0.3) is 0 Å². The molecule has 0 heterocycles. The van der Waals surface area contributed by atoms with Crippen LogP contribution in [-0.4, -0.2) is 24.6 Å². The summed E-state index contributed by atoms with van der Waals surface area (Å²) in [7, 11) is 0. The zero-order valence-electron chi connectivity index (χ0n) is 10.0. The number of unbranched alkanes of at least 4 members (excludes halogenated alkanes) is 1. The van der Waals surface area contributed by atoms with Crippen LogP contribution < -0.4 is 0 Å². The van der Waals surface area contributed by atoms with E-state index in [4.69, 9.17) is 4.74 Å². The van der Waals surface area contributed by atoms with Crippen LogP contribution in [0.15, 0.2) is 0 Å². The topological polar surface area (TPSA) is 60.4 Å². The van der Waals surface area contributed by atoms with Gasteiger partial charge in [0, 0.05) is 0 Å². The summed E-state index contributed by atoms with van der Waals surface area (Å²) in [6, 6.07) is 0. The second-order valence-corrected chi connectivity index (χ2v) is 3.90. The molecule has 0 aliphatic rings. The van der Waals surface area contributed by atoms with Crippen molar-refractivity contribution in [2.75, 3.05) is 6.61 Å². The number of hydrogen-bond acceptors (Lipinski definition) is 4. The molecule has 0 atom stereocenters. The van der Waals surface area contributed by atoms with E-state index in [2.05, 4.69) is 0 Å². The third kappa shape index (κ3) is 7.23. The maximum atomic E-state index is 11.4. The molecule has 0 saturated carbocycles. The Morgan fingerprint density at radius 2 is 1.88 bits per heavy atom. The predicted octanol–water partition coefficient (Wildman–Crippen LogP) is 1.42. The van der Waals surface area contributed by atoms with Crippen LogP contribution in [0.2, 0.25) is 0 Å². The van der Waals surface area contributed by atoms with Crippen LogP contribution >= 0.6 is 0 Å². The third-order valence-electron chi connectivity index (χ3n) is 2.02. The average Bonchev–Trinajstić information content (AvgIpc) is 2.18. The summed E-state index contributed by atoms with van der Waals surface area (Å²) in [5.41, 5.74) is -1.22. The molecule has 0 amide bonds. The second kappa shape index (κ2) is 9.00. The quantitative estimate of drug-likeness (QED) is 0.309. The first-order valence-electron chi connectivity index (χ1n) is 5.02. The molecule has 0 unspecified atom stereocenters. The summed E-state index contributed by atoms with van der Waals surface area (Å²) in [5, 5.41) is 0. The predicted molar refractivity (Wildman–Crippen MR) is 55.0 cm³/mol. The van der Waals surface area contributed by atoms with Gasteiger partial charge in [-0.3, -0.25) is 11.1 Å². The van der Waals surface area contributed by atoms with E-state index in [1.807, 2.05) is 6.92 Å². The zero-order valence-corrected chi connectivity index (χ0v) is 12.9. The minimum Gasteiger partial charge on any atom is -0.541 e. The van der Waals surface area contributed by atoms with Crippen molar-refractivity contribution in [3.8, 4) is 0 Å². The van der Waals surface area contributed by atoms with Gasteiger partial charge in [0.15, 0.2) is 0 Å². The monoisotopic (exact) mass is 302 g/mol. The second-order valence-electron chi connectivity index (χ2n) is 3.90. The summed E-state index contributed by atoms with van der Waals surface area (Å²) in [6.07, 6.45) is 2.96. The Hall–Kier alpha value is -0.0861. The van der Waals surface area contributed by atoms with Gasteiger partial charge in [-0.25, -0.2) is 0 Å². The molecule has 0 aliphatic heterocycles. The van der Waals surface area contributed by atoms with Crippen LogP contribution in [0.5, 0.6) is 0 Å². The van der Waals surface area contributed by atoms with Crippen LogP contribution in [0.1, 0.15) is 40.0 Å². The van der Waals surface area contributed by atoms with Crippen molar-refractivity contribution in [1.82, 2.24) is 0 Å². The number of carbonyl (C=O) groups excluding carboxylic acids is 3. The number of esters is 1. The molecule has 0 radical (unpaired) electrons. The van der Waals surface area contributed by atoms with Gasteiger partial charge in [-0.15, -0.1) is 0 Å². The number of carbonyl (C=O) groups is 2. The van der Waals surface area contributed by atoms with Crippen molar-refractivity contribution in [1.29, 1.82) is 0 Å². The van der Waals surface area contributed by atoms with Crippen LogP contribution in [0.25, 0.3) is 0 Å². The van der Waals surface area contributed by atoms with Crippen LogP contribution in [0.3, 0.4) is 0 Å². The first kappa shape index (κ1) is 18.3. The van der Waals surface area contributed by atoms with Gasteiger partial charge in [-0.2, -0.15) is 0 Å². The summed E-state index contributed by atoms with van der Waals surface area (Å²) in [6.45, 7) is 5.17. The smallest absolute Gasteiger partial charge is 0.541 e. The zero-order chi connectivity index (χ0) is 11.9. The molecule has 0 aromatic rings. The van der Waals surface area contributed by atoms with Crippen LogP contribution in [0, 0.1) is 5.41 Å². The van der Waals surface area contributed by atoms with Gasteiger partial charge in [0.2, 0.25) is 0 Å². The van der Waals surface area contributed by atoms with Gasteiger partial charge in [-0.05, 0) is 6.42 Å². The van der Waals surface area contributed by atoms with E-state index in [0.717, 1.165) is 12.8 Å². The number of rotatable bonds is 7. The minimum atomic E-state index is -1.22. The number of hydrogen-bond donors (Lipinski definition) is 0. The largest absolute Gasteiger partial charge is 3.00 e. The molecule has 0 saturated heterocycles. The van der Waals surface area contributed by atoms with Crippen molar-refractivity contribution >= 4 is 18.0 Å². The Balaban J connectivity index is 0. The first-order valence-corrected chi connectivity index (χ1v) is 5.02. The fraction of sp³-hybridized carbons (Fsp3) is 0.727. The molecule has 0 aromatic heterocycles. The van der Waals surface area contributed by atoms with E-state index in [0.29, 0.717) is 6.61 Å². The van der Waals surface area contributed by atoms with Gasteiger partial charge in [-0.1, -0.05) is 32.6 Å². The Labute approximate surface area is 121 Å². The van der Waals surface area contributed by atoms with Gasteiger partial charge in [0.1, 0.15) is 12.2 Å². The van der Waals surface area contributed by atoms with Crippen molar-refractivity contribution in [3.63, 3.8) is 0 Å². The standard InChI is InChI=1S/C11H17O4.Y/c1-4-5-6-15-10(14)7-9(13)11(2,3)8-12;/h4-7H2,1-3H3;/q-1;+3. The van der Waals surface area contributed by atoms with E-state index in [1.165, 1.54) is 13.8 Å². The van der Waals surface area contributed by atoms with Gasteiger partial charge >= 0.3 is 38.7 Å². The maximum Gasteiger partial charge on any atom is 3.00 e. The number of ether oxygens (including phenoxy) is 1. The number of ketones is 1.